The molecular weight excluding hydrogens is 222 g/mol. The lowest BCUT2D eigenvalue weighted by Gasteiger charge is -2.21. The third-order valence-electron chi connectivity index (χ3n) is 2.93. The first-order valence-electron chi connectivity index (χ1n) is 5.93. The lowest BCUT2D eigenvalue weighted by Crippen LogP contribution is -2.45. The van der Waals surface area contributed by atoms with Gasteiger partial charge in [-0.3, -0.25) is 9.79 Å². The van der Waals surface area contributed by atoms with Crippen molar-refractivity contribution >= 4 is 22.8 Å². The van der Waals surface area contributed by atoms with Crippen LogP contribution in [-0.2, 0) is 4.79 Å². The second kappa shape index (κ2) is 5.08. The van der Waals surface area contributed by atoms with Gasteiger partial charge in [0.2, 0.25) is 5.91 Å². The van der Waals surface area contributed by atoms with Crippen molar-refractivity contribution < 1.29 is 4.79 Å². The lowest BCUT2D eigenvalue weighted by molar-refractivity contribution is -0.131. The Morgan fingerprint density at radius 1 is 1.56 bits per heavy atom. The number of carbonyl (C=O) groups excluding carboxylic acids is 1. The highest BCUT2D eigenvalue weighted by molar-refractivity contribution is 8.14. The number of carbonyl (C=O) groups is 1. The zero-order valence-corrected chi connectivity index (χ0v) is 10.7. The van der Waals surface area contributed by atoms with E-state index in [0.717, 1.165) is 37.6 Å². The molecule has 1 saturated heterocycles. The van der Waals surface area contributed by atoms with Crippen molar-refractivity contribution in [3.05, 3.63) is 0 Å². The molecule has 90 valence electrons. The Morgan fingerprint density at radius 3 is 2.81 bits per heavy atom. The number of rotatable bonds is 2. The minimum atomic E-state index is -0.144. The fourth-order valence-electron chi connectivity index (χ4n) is 2.01. The molecule has 2 unspecified atom stereocenters. The van der Waals surface area contributed by atoms with Crippen LogP contribution >= 0.6 is 11.8 Å². The van der Waals surface area contributed by atoms with E-state index in [2.05, 4.69) is 17.2 Å². The van der Waals surface area contributed by atoms with Crippen molar-refractivity contribution in [3.63, 3.8) is 0 Å². The Hall–Kier alpha value is -0.710. The third kappa shape index (κ3) is 2.70. The predicted octanol–water partition coefficient (Wildman–Crippen LogP) is 1.08. The van der Waals surface area contributed by atoms with Crippen molar-refractivity contribution in [3.8, 4) is 0 Å². The van der Waals surface area contributed by atoms with Gasteiger partial charge in [-0.1, -0.05) is 18.7 Å². The van der Waals surface area contributed by atoms with E-state index in [9.17, 15) is 4.79 Å². The Kier molecular flexibility index (Phi) is 3.74. The van der Waals surface area contributed by atoms with Crippen LogP contribution in [0.4, 0.5) is 0 Å². The van der Waals surface area contributed by atoms with Crippen LogP contribution in [0.1, 0.15) is 26.7 Å². The molecule has 0 bridgehead atoms. The van der Waals surface area contributed by atoms with Gasteiger partial charge < -0.3 is 10.2 Å². The normalized spacial score (nSPS) is 26.8. The van der Waals surface area contributed by atoms with E-state index < -0.39 is 0 Å². The smallest absolute Gasteiger partial charge is 0.244 e. The SMILES string of the molecule is CC1CN=C(NC(C)C(=O)N2CCCC2)S1. The number of aliphatic imine (C=N–C) groups is 1. The van der Waals surface area contributed by atoms with Gasteiger partial charge in [-0.15, -0.1) is 0 Å². The second-order valence-corrected chi connectivity index (χ2v) is 5.90. The quantitative estimate of drug-likeness (QED) is 0.787. The van der Waals surface area contributed by atoms with Crippen LogP contribution in [0, 0.1) is 0 Å². The first kappa shape index (κ1) is 11.8. The summed E-state index contributed by atoms with van der Waals surface area (Å²) in [4.78, 5) is 18.3. The molecule has 2 atom stereocenters. The van der Waals surface area contributed by atoms with Crippen LogP contribution in [0.5, 0.6) is 0 Å². The Morgan fingerprint density at radius 2 is 2.25 bits per heavy atom. The largest absolute Gasteiger partial charge is 0.353 e. The van der Waals surface area contributed by atoms with Crippen molar-refractivity contribution in [2.24, 2.45) is 4.99 Å². The lowest BCUT2D eigenvalue weighted by atomic mass is 10.3. The Labute approximate surface area is 101 Å². The summed E-state index contributed by atoms with van der Waals surface area (Å²) >= 11 is 1.72. The maximum absolute atomic E-state index is 12.0. The summed E-state index contributed by atoms with van der Waals surface area (Å²) in [6.45, 7) is 6.77. The van der Waals surface area contributed by atoms with Crippen LogP contribution in [0.2, 0.25) is 0 Å². The van der Waals surface area contributed by atoms with Gasteiger partial charge in [0, 0.05) is 18.3 Å². The first-order valence-corrected chi connectivity index (χ1v) is 6.81. The van der Waals surface area contributed by atoms with Gasteiger partial charge in [-0.2, -0.15) is 0 Å². The number of hydrogen-bond donors (Lipinski definition) is 1. The van der Waals surface area contributed by atoms with Crippen molar-refractivity contribution in [2.45, 2.75) is 38.0 Å². The van der Waals surface area contributed by atoms with E-state index in [0.29, 0.717) is 5.25 Å². The van der Waals surface area contributed by atoms with Gasteiger partial charge in [0.25, 0.3) is 0 Å². The number of nitrogens with one attached hydrogen (secondary N) is 1. The van der Waals surface area contributed by atoms with E-state index in [1.165, 1.54) is 0 Å². The van der Waals surface area contributed by atoms with E-state index in [-0.39, 0.29) is 11.9 Å². The monoisotopic (exact) mass is 241 g/mol. The molecular formula is C11H19N3OS. The summed E-state index contributed by atoms with van der Waals surface area (Å²) in [6.07, 6.45) is 2.29. The van der Waals surface area contributed by atoms with Crippen LogP contribution in [-0.4, -0.2) is 46.9 Å². The molecule has 0 aromatic rings. The van der Waals surface area contributed by atoms with Crippen LogP contribution in [0.25, 0.3) is 0 Å². The van der Waals surface area contributed by atoms with Gasteiger partial charge >= 0.3 is 0 Å². The number of amides is 1. The molecule has 2 aliphatic rings. The highest BCUT2D eigenvalue weighted by Crippen LogP contribution is 2.19. The molecule has 2 heterocycles. The fraction of sp³-hybridized carbons (Fsp3) is 0.818. The molecule has 0 aromatic carbocycles. The van der Waals surface area contributed by atoms with E-state index in [1.807, 2.05) is 11.8 Å². The summed E-state index contributed by atoms with van der Waals surface area (Å²) in [6, 6.07) is -0.144. The molecule has 16 heavy (non-hydrogen) atoms. The van der Waals surface area contributed by atoms with Gasteiger partial charge in [-0.05, 0) is 19.8 Å². The first-order chi connectivity index (χ1) is 7.66. The zero-order chi connectivity index (χ0) is 11.5. The number of thioether (sulfide) groups is 1. The summed E-state index contributed by atoms with van der Waals surface area (Å²) in [5, 5.41) is 4.67. The Bertz CT molecular complexity index is 300. The summed E-state index contributed by atoms with van der Waals surface area (Å²) in [5.74, 6) is 0.209. The van der Waals surface area contributed by atoms with Crippen LogP contribution in [0.15, 0.2) is 4.99 Å². The maximum Gasteiger partial charge on any atom is 0.244 e. The topological polar surface area (TPSA) is 44.7 Å². The molecule has 1 fully saturated rings. The molecule has 0 aliphatic carbocycles. The average Bonchev–Trinajstić information content (AvgIpc) is 2.88. The molecule has 0 saturated carbocycles. The van der Waals surface area contributed by atoms with Crippen molar-refractivity contribution in [2.75, 3.05) is 19.6 Å². The van der Waals surface area contributed by atoms with Crippen molar-refractivity contribution in [1.82, 2.24) is 10.2 Å². The zero-order valence-electron chi connectivity index (χ0n) is 9.90. The molecule has 2 rings (SSSR count). The number of likely N-dealkylation sites (tertiary alicyclic amines) is 1. The predicted molar refractivity (Wildman–Crippen MR) is 67.8 cm³/mol. The maximum atomic E-state index is 12.0. The number of hydrogen-bond acceptors (Lipinski definition) is 4. The fourth-order valence-corrected chi connectivity index (χ4v) is 2.94. The van der Waals surface area contributed by atoms with Crippen LogP contribution in [0.3, 0.4) is 0 Å². The van der Waals surface area contributed by atoms with Gasteiger partial charge in [0.1, 0.15) is 6.04 Å². The van der Waals surface area contributed by atoms with E-state index >= 15 is 0 Å². The number of nitrogens with zero attached hydrogens (tertiary/aromatic N) is 2. The third-order valence-corrected chi connectivity index (χ3v) is 3.95. The van der Waals surface area contributed by atoms with Crippen molar-refractivity contribution in [1.29, 1.82) is 0 Å². The highest BCUT2D eigenvalue weighted by atomic mass is 32.2. The van der Waals surface area contributed by atoms with Gasteiger partial charge in [0.15, 0.2) is 5.17 Å². The average molecular weight is 241 g/mol. The molecule has 1 amide bonds. The molecule has 0 aromatic heterocycles. The second-order valence-electron chi connectivity index (χ2n) is 4.47. The standard InChI is InChI=1S/C11H19N3OS/c1-8-7-12-11(16-8)13-9(2)10(15)14-5-3-4-6-14/h8-9H,3-7H2,1-2H3,(H,12,13). The molecule has 1 N–H and O–H groups in total. The minimum Gasteiger partial charge on any atom is -0.353 e. The molecule has 4 nitrogen and oxygen atoms in total. The molecule has 0 radical (unpaired) electrons. The summed E-state index contributed by atoms with van der Waals surface area (Å²) < 4.78 is 0. The van der Waals surface area contributed by atoms with Gasteiger partial charge in [-0.25, -0.2) is 0 Å². The van der Waals surface area contributed by atoms with E-state index in [1.54, 1.807) is 11.8 Å². The summed E-state index contributed by atoms with van der Waals surface area (Å²) in [7, 11) is 0. The van der Waals surface area contributed by atoms with Crippen LogP contribution < -0.4 is 5.32 Å². The molecule has 5 heteroatoms. The van der Waals surface area contributed by atoms with Gasteiger partial charge in [0.05, 0.1) is 6.54 Å². The minimum absolute atomic E-state index is 0.144. The van der Waals surface area contributed by atoms with E-state index in [4.69, 9.17) is 0 Å². The number of amidine groups is 1. The summed E-state index contributed by atoms with van der Waals surface area (Å²) in [5.41, 5.74) is 0. The Balaban J connectivity index is 1.83. The highest BCUT2D eigenvalue weighted by Gasteiger charge is 2.25. The molecule has 0 spiro atoms. The molecule has 2 aliphatic heterocycles.